The van der Waals surface area contributed by atoms with Crippen LogP contribution in [0.3, 0.4) is 0 Å². The molecule has 1 aromatic carbocycles. The molecule has 1 heterocycles. The van der Waals surface area contributed by atoms with E-state index in [4.69, 9.17) is 10.5 Å². The molecule has 6 heteroatoms. The Balaban J connectivity index is 2.31. The van der Waals surface area contributed by atoms with Crippen molar-refractivity contribution in [2.24, 2.45) is 0 Å². The van der Waals surface area contributed by atoms with E-state index in [1.54, 1.807) is 30.5 Å². The smallest absolute Gasteiger partial charge is 0.360 e. The Kier molecular flexibility index (Phi) is 4.02. The van der Waals surface area contributed by atoms with E-state index in [1.807, 2.05) is 0 Å². The number of hydrogen-bond acceptors (Lipinski definition) is 4. The van der Waals surface area contributed by atoms with Crippen LogP contribution < -0.4 is 5.73 Å². The molecule has 0 radical (unpaired) electrons. The van der Waals surface area contributed by atoms with Crippen molar-refractivity contribution in [2.45, 2.75) is 20.4 Å². The summed E-state index contributed by atoms with van der Waals surface area (Å²) in [5.74, 6) is -0.0597. The molecule has 20 heavy (non-hydrogen) atoms. The Labute approximate surface area is 116 Å². The van der Waals surface area contributed by atoms with Crippen molar-refractivity contribution < 1.29 is 13.9 Å². The van der Waals surface area contributed by atoms with E-state index < -0.39 is 5.97 Å². The molecule has 0 saturated heterocycles. The van der Waals surface area contributed by atoms with Crippen molar-refractivity contribution in [3.63, 3.8) is 0 Å². The van der Waals surface area contributed by atoms with Gasteiger partial charge in [0.2, 0.25) is 0 Å². The van der Waals surface area contributed by atoms with Crippen molar-refractivity contribution in [3.8, 4) is 0 Å². The molecule has 0 aliphatic rings. The molecule has 106 valence electrons. The Bertz CT molecular complexity index is 637. The third-order valence-electron chi connectivity index (χ3n) is 2.90. The molecule has 0 fully saturated rings. The molecule has 0 saturated carbocycles. The normalized spacial score (nSPS) is 10.6. The predicted molar refractivity (Wildman–Crippen MR) is 72.8 cm³/mol. The first-order valence-electron chi connectivity index (χ1n) is 6.27. The fourth-order valence-corrected chi connectivity index (χ4v) is 1.95. The molecule has 1 aromatic heterocycles. The van der Waals surface area contributed by atoms with Crippen molar-refractivity contribution in [2.75, 3.05) is 12.3 Å². The van der Waals surface area contributed by atoms with E-state index in [9.17, 15) is 9.18 Å². The van der Waals surface area contributed by atoms with Crippen LogP contribution in [0.4, 0.5) is 10.2 Å². The van der Waals surface area contributed by atoms with E-state index in [2.05, 4.69) is 4.98 Å². The SMILES string of the molecule is CCOC(=O)c1nc(C)n(Cc2cccc(F)c2)c1N. The zero-order chi connectivity index (χ0) is 14.7. The zero-order valence-electron chi connectivity index (χ0n) is 11.4. The topological polar surface area (TPSA) is 70.1 Å². The lowest BCUT2D eigenvalue weighted by Crippen LogP contribution is -2.10. The summed E-state index contributed by atoms with van der Waals surface area (Å²) in [7, 11) is 0. The van der Waals surface area contributed by atoms with Crippen LogP contribution in [0.1, 0.15) is 28.8 Å². The fourth-order valence-electron chi connectivity index (χ4n) is 1.95. The van der Waals surface area contributed by atoms with E-state index in [1.165, 1.54) is 12.1 Å². The van der Waals surface area contributed by atoms with Crippen LogP contribution in [0.15, 0.2) is 24.3 Å². The zero-order valence-corrected chi connectivity index (χ0v) is 11.4. The van der Waals surface area contributed by atoms with Crippen molar-refractivity contribution in [3.05, 3.63) is 47.2 Å². The quantitative estimate of drug-likeness (QED) is 0.869. The number of ether oxygens (including phenoxy) is 1. The first-order chi connectivity index (χ1) is 9.52. The average Bonchev–Trinajstić information content (AvgIpc) is 2.67. The maximum absolute atomic E-state index is 13.2. The first-order valence-corrected chi connectivity index (χ1v) is 6.27. The summed E-state index contributed by atoms with van der Waals surface area (Å²) in [6, 6.07) is 6.20. The highest BCUT2D eigenvalue weighted by Gasteiger charge is 2.19. The maximum atomic E-state index is 13.2. The van der Waals surface area contributed by atoms with Crippen molar-refractivity contribution >= 4 is 11.8 Å². The first kappa shape index (κ1) is 14.0. The number of carbonyl (C=O) groups is 1. The number of rotatable bonds is 4. The summed E-state index contributed by atoms with van der Waals surface area (Å²) in [6.07, 6.45) is 0. The molecular formula is C14H16FN3O2. The second kappa shape index (κ2) is 5.73. The summed E-state index contributed by atoms with van der Waals surface area (Å²) < 4.78 is 19.7. The van der Waals surface area contributed by atoms with E-state index in [-0.39, 0.29) is 23.9 Å². The molecule has 2 rings (SSSR count). The van der Waals surface area contributed by atoms with Crippen LogP contribution in [0.5, 0.6) is 0 Å². The number of anilines is 1. The average molecular weight is 277 g/mol. The second-order valence-corrected chi connectivity index (χ2v) is 4.33. The minimum absolute atomic E-state index is 0.0979. The van der Waals surface area contributed by atoms with E-state index in [0.29, 0.717) is 12.4 Å². The Morgan fingerprint density at radius 3 is 2.90 bits per heavy atom. The van der Waals surface area contributed by atoms with Gasteiger partial charge in [0.25, 0.3) is 0 Å². The number of benzene rings is 1. The van der Waals surface area contributed by atoms with Crippen LogP contribution in [0.25, 0.3) is 0 Å². The molecule has 2 N–H and O–H groups in total. The lowest BCUT2D eigenvalue weighted by molar-refractivity contribution is 0.0521. The summed E-state index contributed by atoms with van der Waals surface area (Å²) in [5, 5.41) is 0. The Morgan fingerprint density at radius 1 is 1.50 bits per heavy atom. The van der Waals surface area contributed by atoms with E-state index >= 15 is 0 Å². The molecule has 2 aromatic rings. The highest BCUT2D eigenvalue weighted by atomic mass is 19.1. The molecule has 0 bridgehead atoms. The summed E-state index contributed by atoms with van der Waals surface area (Å²) in [6.45, 7) is 4.05. The van der Waals surface area contributed by atoms with Gasteiger partial charge in [-0.1, -0.05) is 12.1 Å². The lowest BCUT2D eigenvalue weighted by Gasteiger charge is -2.08. The van der Waals surface area contributed by atoms with Gasteiger partial charge in [0.1, 0.15) is 17.5 Å². The summed E-state index contributed by atoms with van der Waals surface area (Å²) in [5.41, 5.74) is 6.77. The second-order valence-electron chi connectivity index (χ2n) is 4.33. The Morgan fingerprint density at radius 2 is 2.25 bits per heavy atom. The number of nitrogens with zero attached hydrogens (tertiary/aromatic N) is 2. The number of nitrogen functional groups attached to an aromatic ring is 1. The number of carbonyl (C=O) groups excluding carboxylic acids is 1. The Hall–Kier alpha value is -2.37. The molecule has 0 spiro atoms. The van der Waals surface area contributed by atoms with Gasteiger partial charge in [0.05, 0.1) is 13.2 Å². The number of halogens is 1. The highest BCUT2D eigenvalue weighted by molar-refractivity contribution is 5.92. The molecular weight excluding hydrogens is 261 g/mol. The number of esters is 1. The minimum Gasteiger partial charge on any atom is -0.461 e. The van der Waals surface area contributed by atoms with Crippen LogP contribution in [0, 0.1) is 12.7 Å². The van der Waals surface area contributed by atoms with Crippen LogP contribution in [-0.2, 0) is 11.3 Å². The lowest BCUT2D eigenvalue weighted by atomic mass is 10.2. The molecule has 0 amide bonds. The van der Waals surface area contributed by atoms with Gasteiger partial charge in [-0.05, 0) is 31.5 Å². The van der Waals surface area contributed by atoms with Gasteiger partial charge >= 0.3 is 5.97 Å². The van der Waals surface area contributed by atoms with Gasteiger partial charge in [-0.2, -0.15) is 0 Å². The van der Waals surface area contributed by atoms with Crippen LogP contribution in [-0.4, -0.2) is 22.1 Å². The fraction of sp³-hybridized carbons (Fsp3) is 0.286. The van der Waals surface area contributed by atoms with Crippen molar-refractivity contribution in [1.29, 1.82) is 0 Å². The van der Waals surface area contributed by atoms with Gasteiger partial charge < -0.3 is 15.0 Å². The monoisotopic (exact) mass is 277 g/mol. The van der Waals surface area contributed by atoms with Gasteiger partial charge in [0.15, 0.2) is 5.69 Å². The summed E-state index contributed by atoms with van der Waals surface area (Å²) >= 11 is 0. The van der Waals surface area contributed by atoms with Gasteiger partial charge in [-0.25, -0.2) is 14.2 Å². The van der Waals surface area contributed by atoms with Crippen LogP contribution in [0.2, 0.25) is 0 Å². The summed E-state index contributed by atoms with van der Waals surface area (Å²) in [4.78, 5) is 15.8. The number of imidazole rings is 1. The molecule has 0 aliphatic carbocycles. The molecule has 0 unspecified atom stereocenters. The highest BCUT2D eigenvalue weighted by Crippen LogP contribution is 2.17. The molecule has 0 aliphatic heterocycles. The third kappa shape index (κ3) is 2.79. The number of hydrogen-bond donors (Lipinski definition) is 1. The van der Waals surface area contributed by atoms with Gasteiger partial charge in [-0.15, -0.1) is 0 Å². The molecule has 5 nitrogen and oxygen atoms in total. The van der Waals surface area contributed by atoms with Crippen molar-refractivity contribution in [1.82, 2.24) is 9.55 Å². The molecule has 0 atom stereocenters. The van der Waals surface area contributed by atoms with Crippen LogP contribution >= 0.6 is 0 Å². The standard InChI is InChI=1S/C14H16FN3O2/c1-3-20-14(19)12-13(16)18(9(2)17-12)8-10-5-4-6-11(15)7-10/h4-7H,3,8,16H2,1-2H3. The largest absolute Gasteiger partial charge is 0.461 e. The van der Waals surface area contributed by atoms with E-state index in [0.717, 1.165) is 5.56 Å². The number of aryl methyl sites for hydroxylation is 1. The number of aromatic nitrogens is 2. The number of nitrogens with two attached hydrogens (primary N) is 1. The third-order valence-corrected chi connectivity index (χ3v) is 2.90. The van der Waals surface area contributed by atoms with Gasteiger partial charge in [0, 0.05) is 0 Å². The van der Waals surface area contributed by atoms with Gasteiger partial charge in [-0.3, -0.25) is 0 Å². The maximum Gasteiger partial charge on any atom is 0.360 e. The predicted octanol–water partition coefficient (Wildman–Crippen LogP) is 2.14. The minimum atomic E-state index is -0.550.